The summed E-state index contributed by atoms with van der Waals surface area (Å²) in [5, 5.41) is 7.64. The highest BCUT2D eigenvalue weighted by molar-refractivity contribution is 6.34. The number of amides is 1. The van der Waals surface area contributed by atoms with Gasteiger partial charge in [-0.05, 0) is 0 Å². The Labute approximate surface area is 68.4 Å². The fourth-order valence-electron chi connectivity index (χ4n) is 0. The van der Waals surface area contributed by atoms with Gasteiger partial charge in [0.05, 0.1) is 0 Å². The molecule has 0 aliphatic carbocycles. The molecule has 1 amide bonds. The second-order valence-electron chi connectivity index (χ2n) is 1.78. The number of carbonyl (C=O) groups is 4. The van der Waals surface area contributed by atoms with Gasteiger partial charge in [0.2, 0.25) is 11.6 Å². The zero-order valence-corrected chi connectivity index (χ0v) is 6.66. The number of nitrogens with two attached hydrogens (primary N) is 1. The molecule has 0 radical (unpaired) electrons. The van der Waals surface area contributed by atoms with E-state index in [0.717, 1.165) is 13.8 Å². The number of primary amides is 1. The largest absolute Gasteiger partial charge is 0.476 e. The third kappa shape index (κ3) is 11.1. The van der Waals surface area contributed by atoms with Crippen LogP contribution in [-0.4, -0.2) is 28.5 Å². The van der Waals surface area contributed by atoms with Crippen molar-refractivity contribution in [3.63, 3.8) is 0 Å². The summed E-state index contributed by atoms with van der Waals surface area (Å²) in [6.45, 7) is 2.13. The number of carboxylic acids is 1. The maximum atomic E-state index is 9.67. The van der Waals surface area contributed by atoms with Gasteiger partial charge in [-0.3, -0.25) is 14.4 Å². The molecule has 68 valence electrons. The number of Topliss-reactive ketones (excluding diaryl/α,β-unsaturated/α-hetero) is 2. The van der Waals surface area contributed by atoms with Crippen LogP contribution in [0, 0.1) is 0 Å². The Morgan fingerprint density at radius 2 is 1.17 bits per heavy atom. The van der Waals surface area contributed by atoms with Crippen molar-refractivity contribution in [3.05, 3.63) is 0 Å². The Bertz CT molecular complexity index is 172. The molecule has 0 unspecified atom stereocenters. The number of hydrogen-bond donors (Lipinski definition) is 2. The topological polar surface area (TPSA) is 115 Å². The third-order valence-corrected chi connectivity index (χ3v) is 0.648. The number of hydrogen-bond acceptors (Lipinski definition) is 4. The summed E-state index contributed by atoms with van der Waals surface area (Å²) in [5.41, 5.74) is 4.45. The van der Waals surface area contributed by atoms with Crippen molar-refractivity contribution in [1.82, 2.24) is 0 Å². The lowest BCUT2D eigenvalue weighted by atomic mass is 10.4. The van der Waals surface area contributed by atoms with E-state index >= 15 is 0 Å². The molecule has 12 heavy (non-hydrogen) atoms. The molecule has 6 nitrogen and oxygen atoms in total. The molecule has 6 heteroatoms. The van der Waals surface area contributed by atoms with Gasteiger partial charge >= 0.3 is 5.97 Å². The number of ketones is 2. The number of rotatable bonds is 2. The minimum Gasteiger partial charge on any atom is -0.476 e. The maximum Gasteiger partial charge on any atom is 0.371 e. The molecule has 0 aromatic heterocycles. The highest BCUT2D eigenvalue weighted by Crippen LogP contribution is 1.61. The lowest BCUT2D eigenvalue weighted by Gasteiger charge is -1.74. The molecule has 0 spiro atoms. The SMILES string of the molecule is CC(=O)C(=O)O.CC(=O)C(N)=O. The zero-order chi connectivity index (χ0) is 10.3. The zero-order valence-electron chi connectivity index (χ0n) is 6.66. The average Bonchev–Trinajstić information content (AvgIpc) is 1.88. The van der Waals surface area contributed by atoms with Crippen molar-refractivity contribution < 1.29 is 24.3 Å². The highest BCUT2D eigenvalue weighted by Gasteiger charge is 1.99. The van der Waals surface area contributed by atoms with Crippen LogP contribution in [0.4, 0.5) is 0 Å². The lowest BCUT2D eigenvalue weighted by Crippen LogP contribution is -2.19. The van der Waals surface area contributed by atoms with Crippen LogP contribution in [-0.2, 0) is 19.2 Å². The molecule has 0 aromatic carbocycles. The Morgan fingerprint density at radius 3 is 1.17 bits per heavy atom. The second-order valence-corrected chi connectivity index (χ2v) is 1.78. The van der Waals surface area contributed by atoms with E-state index in [0.29, 0.717) is 0 Å². The first-order chi connectivity index (χ1) is 5.29. The fourth-order valence-corrected chi connectivity index (χ4v) is 0. The Hall–Kier alpha value is -1.72. The van der Waals surface area contributed by atoms with Crippen LogP contribution in [0.3, 0.4) is 0 Å². The van der Waals surface area contributed by atoms with Gasteiger partial charge in [0.25, 0.3) is 5.91 Å². The summed E-state index contributed by atoms with van der Waals surface area (Å²) >= 11 is 0. The summed E-state index contributed by atoms with van der Waals surface area (Å²) < 4.78 is 0. The molecule has 3 N–H and O–H groups in total. The predicted octanol–water partition coefficient (Wildman–Crippen LogP) is -1.28. The summed E-state index contributed by atoms with van der Waals surface area (Å²) in [5.74, 6) is -3.69. The van der Waals surface area contributed by atoms with Gasteiger partial charge in [-0.25, -0.2) is 4.79 Å². The Kier molecular flexibility index (Phi) is 6.48. The number of carbonyl (C=O) groups excluding carboxylic acids is 3. The molecule has 0 fully saturated rings. The third-order valence-electron chi connectivity index (χ3n) is 0.648. The van der Waals surface area contributed by atoms with Gasteiger partial charge in [-0.2, -0.15) is 0 Å². The summed E-state index contributed by atoms with van der Waals surface area (Å²) in [4.78, 5) is 38.1. The van der Waals surface area contributed by atoms with Crippen molar-refractivity contribution in [2.24, 2.45) is 5.73 Å². The van der Waals surface area contributed by atoms with Crippen LogP contribution in [0.5, 0.6) is 0 Å². The average molecular weight is 175 g/mol. The molecule has 0 aromatic rings. The first-order valence-corrected chi connectivity index (χ1v) is 2.83. The van der Waals surface area contributed by atoms with Gasteiger partial charge in [0.1, 0.15) is 0 Å². The molecule has 0 rings (SSSR count). The molecule has 0 saturated heterocycles. The van der Waals surface area contributed by atoms with E-state index in [1.165, 1.54) is 0 Å². The number of carboxylic acid groups (broad SMARTS) is 1. The standard InChI is InChI=1S/C3H5NO2.C3H4O3/c1-2(5)3(4)6;1-2(4)3(5)6/h1H3,(H2,4,6);1H3,(H,5,6). The molecule has 0 atom stereocenters. The van der Waals surface area contributed by atoms with Crippen molar-refractivity contribution in [3.8, 4) is 0 Å². The molecule has 0 heterocycles. The Balaban J connectivity index is 0. The van der Waals surface area contributed by atoms with Crippen molar-refractivity contribution in [2.75, 3.05) is 0 Å². The van der Waals surface area contributed by atoms with E-state index in [1.807, 2.05) is 0 Å². The minimum atomic E-state index is -1.38. The molecule has 0 saturated carbocycles. The second kappa shape index (κ2) is 6.02. The molecular formula is C6H9NO5. The summed E-state index contributed by atoms with van der Waals surface area (Å²) in [6, 6.07) is 0. The van der Waals surface area contributed by atoms with Crippen LogP contribution in [0.2, 0.25) is 0 Å². The van der Waals surface area contributed by atoms with Gasteiger partial charge in [-0.1, -0.05) is 0 Å². The van der Waals surface area contributed by atoms with Crippen LogP contribution in [0.15, 0.2) is 0 Å². The van der Waals surface area contributed by atoms with Crippen LogP contribution in [0.25, 0.3) is 0 Å². The van der Waals surface area contributed by atoms with E-state index in [9.17, 15) is 19.2 Å². The van der Waals surface area contributed by atoms with Crippen LogP contribution < -0.4 is 5.73 Å². The van der Waals surface area contributed by atoms with Crippen LogP contribution >= 0.6 is 0 Å². The van der Waals surface area contributed by atoms with Gasteiger partial charge in [-0.15, -0.1) is 0 Å². The first-order valence-electron chi connectivity index (χ1n) is 2.83. The van der Waals surface area contributed by atoms with Crippen molar-refractivity contribution in [1.29, 1.82) is 0 Å². The van der Waals surface area contributed by atoms with E-state index in [-0.39, 0.29) is 0 Å². The van der Waals surface area contributed by atoms with Gasteiger partial charge in [0.15, 0.2) is 0 Å². The normalized spacial score (nSPS) is 7.50. The lowest BCUT2D eigenvalue weighted by molar-refractivity contribution is -0.148. The Morgan fingerprint density at radius 1 is 1.00 bits per heavy atom. The molecule has 0 aliphatic rings. The van der Waals surface area contributed by atoms with Gasteiger partial charge in [0, 0.05) is 13.8 Å². The van der Waals surface area contributed by atoms with E-state index < -0.39 is 23.4 Å². The number of aliphatic carboxylic acids is 1. The fraction of sp³-hybridized carbons (Fsp3) is 0.333. The predicted molar refractivity (Wildman–Crippen MR) is 38.2 cm³/mol. The minimum absolute atomic E-state index is 0.602. The van der Waals surface area contributed by atoms with Crippen molar-refractivity contribution >= 4 is 23.4 Å². The van der Waals surface area contributed by atoms with Crippen LogP contribution in [0.1, 0.15) is 13.8 Å². The van der Waals surface area contributed by atoms with E-state index in [1.54, 1.807) is 0 Å². The van der Waals surface area contributed by atoms with Crippen molar-refractivity contribution in [2.45, 2.75) is 13.8 Å². The smallest absolute Gasteiger partial charge is 0.371 e. The maximum absolute atomic E-state index is 9.67. The highest BCUT2D eigenvalue weighted by atomic mass is 16.4. The first kappa shape index (κ1) is 12.9. The van der Waals surface area contributed by atoms with Gasteiger partial charge < -0.3 is 10.8 Å². The quantitative estimate of drug-likeness (QED) is 0.507. The van der Waals surface area contributed by atoms with E-state index in [2.05, 4.69) is 5.73 Å². The molecule has 0 bridgehead atoms. The molecule has 0 aliphatic heterocycles. The van der Waals surface area contributed by atoms with E-state index in [4.69, 9.17) is 5.11 Å². The monoisotopic (exact) mass is 175 g/mol. The summed E-state index contributed by atoms with van der Waals surface area (Å²) in [6.07, 6.45) is 0. The molecular weight excluding hydrogens is 166 g/mol. The summed E-state index contributed by atoms with van der Waals surface area (Å²) in [7, 11) is 0.